The van der Waals surface area contributed by atoms with E-state index >= 15 is 0 Å². The fraction of sp³-hybridized carbons (Fsp3) is 0.467. The third-order valence-electron chi connectivity index (χ3n) is 2.34. The molecule has 0 spiro atoms. The van der Waals surface area contributed by atoms with Gasteiger partial charge in [0.2, 0.25) is 0 Å². The maximum atomic E-state index is 10.1. The number of carbonyl (C=O) groups is 1. The van der Waals surface area contributed by atoms with E-state index in [0.717, 1.165) is 12.4 Å². The number of rotatable bonds is 7. The Morgan fingerprint density at radius 2 is 2.00 bits per heavy atom. The van der Waals surface area contributed by atoms with E-state index in [4.69, 9.17) is 9.94 Å². The molecule has 2 amide bonds. The lowest BCUT2D eigenvalue weighted by atomic mass is 10.2. The standard InChI is InChI=1S/C11H16O.C4H9N3O3/c1-9(2)8-12-11-6-4-10(3)5-7-11;1-6-10-3-2-7(9)4(5)8/h4-7,9H,8H2,1-3H3;9H,1-3H2,(H2,5,8). The van der Waals surface area contributed by atoms with E-state index in [0.29, 0.717) is 11.0 Å². The average molecular weight is 311 g/mol. The van der Waals surface area contributed by atoms with E-state index in [9.17, 15) is 4.79 Å². The first-order valence-electron chi connectivity index (χ1n) is 6.90. The fourth-order valence-corrected chi connectivity index (χ4v) is 1.20. The molecule has 0 saturated heterocycles. The minimum absolute atomic E-state index is 0.0195. The van der Waals surface area contributed by atoms with Crippen molar-refractivity contribution in [1.82, 2.24) is 5.06 Å². The van der Waals surface area contributed by atoms with Gasteiger partial charge < -0.3 is 15.3 Å². The molecule has 0 bridgehead atoms. The van der Waals surface area contributed by atoms with E-state index in [1.807, 2.05) is 12.1 Å². The third-order valence-corrected chi connectivity index (χ3v) is 2.34. The number of amides is 2. The van der Waals surface area contributed by atoms with Crippen molar-refractivity contribution in [3.05, 3.63) is 29.8 Å². The van der Waals surface area contributed by atoms with Gasteiger partial charge in [-0.3, -0.25) is 5.21 Å². The van der Waals surface area contributed by atoms with Crippen molar-refractivity contribution >= 4 is 12.7 Å². The normalized spacial score (nSPS) is 9.50. The van der Waals surface area contributed by atoms with Gasteiger partial charge in [0.25, 0.3) is 0 Å². The van der Waals surface area contributed by atoms with Crippen LogP contribution in [0.4, 0.5) is 4.79 Å². The summed E-state index contributed by atoms with van der Waals surface area (Å²) in [6.07, 6.45) is 0. The zero-order valence-electron chi connectivity index (χ0n) is 13.4. The van der Waals surface area contributed by atoms with Crippen LogP contribution in [-0.2, 0) is 4.84 Å². The molecule has 0 aliphatic heterocycles. The number of hydrogen-bond donors (Lipinski definition) is 2. The largest absolute Gasteiger partial charge is 0.493 e. The molecule has 0 radical (unpaired) electrons. The lowest BCUT2D eigenvalue weighted by Gasteiger charge is -2.09. The molecule has 0 aliphatic carbocycles. The molecule has 124 valence electrons. The van der Waals surface area contributed by atoms with E-state index in [1.165, 1.54) is 5.56 Å². The van der Waals surface area contributed by atoms with Crippen molar-refractivity contribution in [2.75, 3.05) is 19.8 Å². The van der Waals surface area contributed by atoms with Crippen molar-refractivity contribution in [3.63, 3.8) is 0 Å². The smallest absolute Gasteiger partial charge is 0.338 e. The van der Waals surface area contributed by atoms with Crippen LogP contribution in [0.5, 0.6) is 5.75 Å². The number of urea groups is 1. The summed E-state index contributed by atoms with van der Waals surface area (Å²) in [6, 6.07) is 7.23. The quantitative estimate of drug-likeness (QED) is 0.350. The zero-order chi connectivity index (χ0) is 17.0. The number of nitrogens with two attached hydrogens (primary N) is 1. The van der Waals surface area contributed by atoms with Crippen molar-refractivity contribution in [1.29, 1.82) is 0 Å². The molecule has 1 rings (SSSR count). The lowest BCUT2D eigenvalue weighted by Crippen LogP contribution is -2.34. The number of nitrogens with zero attached hydrogens (tertiary/aromatic N) is 2. The number of aryl methyl sites for hydroxylation is 1. The van der Waals surface area contributed by atoms with Crippen LogP contribution < -0.4 is 10.5 Å². The van der Waals surface area contributed by atoms with Gasteiger partial charge in [-0.1, -0.05) is 31.5 Å². The van der Waals surface area contributed by atoms with E-state index in [-0.39, 0.29) is 13.2 Å². The number of benzene rings is 1. The highest BCUT2D eigenvalue weighted by atomic mass is 16.6. The Morgan fingerprint density at radius 1 is 1.41 bits per heavy atom. The zero-order valence-corrected chi connectivity index (χ0v) is 13.4. The number of hydrogen-bond acceptors (Lipinski definition) is 5. The van der Waals surface area contributed by atoms with Crippen molar-refractivity contribution in [2.45, 2.75) is 20.8 Å². The predicted octanol–water partition coefficient (Wildman–Crippen LogP) is 2.42. The average Bonchev–Trinajstić information content (AvgIpc) is 2.47. The number of hydroxylamine groups is 2. The van der Waals surface area contributed by atoms with Crippen molar-refractivity contribution < 1.29 is 19.6 Å². The molecule has 22 heavy (non-hydrogen) atoms. The molecule has 0 saturated carbocycles. The molecule has 7 heteroatoms. The molecule has 0 aromatic heterocycles. The van der Waals surface area contributed by atoms with Crippen LogP contribution in [0.15, 0.2) is 29.4 Å². The molecule has 7 nitrogen and oxygen atoms in total. The van der Waals surface area contributed by atoms with Crippen LogP contribution in [0.3, 0.4) is 0 Å². The second-order valence-electron chi connectivity index (χ2n) is 4.94. The van der Waals surface area contributed by atoms with Crippen LogP contribution >= 0.6 is 0 Å². The molecule has 0 atom stereocenters. The fourth-order valence-electron chi connectivity index (χ4n) is 1.20. The highest BCUT2D eigenvalue weighted by Crippen LogP contribution is 2.12. The van der Waals surface area contributed by atoms with Gasteiger partial charge in [0.15, 0.2) is 0 Å². The molecule has 0 heterocycles. The van der Waals surface area contributed by atoms with E-state index in [1.54, 1.807) is 0 Å². The lowest BCUT2D eigenvalue weighted by molar-refractivity contribution is -0.0559. The topological polar surface area (TPSA) is 97.4 Å². The number of primary amides is 1. The van der Waals surface area contributed by atoms with Gasteiger partial charge in [-0.15, -0.1) is 5.16 Å². The summed E-state index contributed by atoms with van der Waals surface area (Å²) in [5.41, 5.74) is 5.92. The summed E-state index contributed by atoms with van der Waals surface area (Å²) < 4.78 is 5.52. The van der Waals surface area contributed by atoms with E-state index in [2.05, 4.69) is 55.3 Å². The summed E-state index contributed by atoms with van der Waals surface area (Å²) in [6.45, 7) is 10.2. The summed E-state index contributed by atoms with van der Waals surface area (Å²) in [5, 5.41) is 11.9. The maximum absolute atomic E-state index is 10.1. The van der Waals surface area contributed by atoms with Gasteiger partial charge in [0, 0.05) is 6.72 Å². The van der Waals surface area contributed by atoms with Gasteiger partial charge >= 0.3 is 6.03 Å². The Balaban J connectivity index is 0.000000409. The highest BCUT2D eigenvalue weighted by Gasteiger charge is 2.03. The summed E-state index contributed by atoms with van der Waals surface area (Å²) in [7, 11) is 0. The summed E-state index contributed by atoms with van der Waals surface area (Å²) in [4.78, 5) is 14.4. The van der Waals surface area contributed by atoms with Gasteiger partial charge in [-0.25, -0.2) is 9.86 Å². The number of carbonyl (C=O) groups excluding carboxylic acids is 1. The first-order valence-corrected chi connectivity index (χ1v) is 6.90. The van der Waals surface area contributed by atoms with Gasteiger partial charge in [-0.05, 0) is 25.0 Å². The molecule has 0 unspecified atom stereocenters. The van der Waals surface area contributed by atoms with Gasteiger partial charge in [0.1, 0.15) is 12.4 Å². The predicted molar refractivity (Wildman–Crippen MR) is 85.1 cm³/mol. The van der Waals surface area contributed by atoms with Gasteiger partial charge in [-0.2, -0.15) is 0 Å². The maximum Gasteiger partial charge on any atom is 0.338 e. The molecular weight excluding hydrogens is 286 g/mol. The monoisotopic (exact) mass is 311 g/mol. The molecule has 3 N–H and O–H groups in total. The number of oxime groups is 1. The molecule has 0 fully saturated rings. The van der Waals surface area contributed by atoms with Crippen LogP contribution in [0.2, 0.25) is 0 Å². The highest BCUT2D eigenvalue weighted by molar-refractivity contribution is 5.70. The number of ether oxygens (including phenoxy) is 1. The molecular formula is C15H25N3O4. The minimum Gasteiger partial charge on any atom is -0.493 e. The first-order chi connectivity index (χ1) is 10.4. The molecule has 1 aromatic rings. The SMILES string of the molecule is C=NOCCN(O)C(N)=O.Cc1ccc(OCC(C)C)cc1. The Labute approximate surface area is 131 Å². The third kappa shape index (κ3) is 10.5. The Morgan fingerprint density at radius 3 is 2.45 bits per heavy atom. The Hall–Kier alpha value is -2.28. The minimum atomic E-state index is -0.923. The van der Waals surface area contributed by atoms with Crippen molar-refractivity contribution in [3.8, 4) is 5.75 Å². The van der Waals surface area contributed by atoms with Gasteiger partial charge in [0.05, 0.1) is 13.2 Å². The second kappa shape index (κ2) is 11.4. The van der Waals surface area contributed by atoms with Crippen LogP contribution in [0.1, 0.15) is 19.4 Å². The van der Waals surface area contributed by atoms with E-state index < -0.39 is 6.03 Å². The molecule has 0 aliphatic rings. The van der Waals surface area contributed by atoms with Crippen LogP contribution in [-0.4, -0.2) is 42.8 Å². The van der Waals surface area contributed by atoms with Crippen LogP contribution in [0.25, 0.3) is 0 Å². The Kier molecular flexibility index (Phi) is 10.2. The molecule has 1 aromatic carbocycles. The summed E-state index contributed by atoms with van der Waals surface area (Å²) >= 11 is 0. The van der Waals surface area contributed by atoms with Crippen molar-refractivity contribution in [2.24, 2.45) is 16.8 Å². The first kappa shape index (κ1) is 19.7. The Bertz CT molecular complexity index is 435. The van der Waals surface area contributed by atoms with Crippen LogP contribution in [0, 0.1) is 12.8 Å². The second-order valence-corrected chi connectivity index (χ2v) is 4.94. The summed E-state index contributed by atoms with van der Waals surface area (Å²) in [5.74, 6) is 1.56.